The summed E-state index contributed by atoms with van der Waals surface area (Å²) in [5.41, 5.74) is 2.63. The highest BCUT2D eigenvalue weighted by atomic mass is 16.4. The number of benzene rings is 1. The number of hydrogen-bond donors (Lipinski definition) is 1. The largest absolute Gasteiger partial charge is 0.478 e. The Morgan fingerprint density at radius 3 is 2.75 bits per heavy atom. The van der Waals surface area contributed by atoms with Crippen molar-refractivity contribution < 1.29 is 9.90 Å². The Hall–Kier alpha value is -1.57. The number of carboxylic acids is 1. The maximum absolute atomic E-state index is 10.6. The fourth-order valence-corrected chi connectivity index (χ4v) is 1.42. The summed E-state index contributed by atoms with van der Waals surface area (Å²) in [6.45, 7) is 0. The van der Waals surface area contributed by atoms with E-state index in [1.807, 2.05) is 24.3 Å². The predicted octanol–water partition coefficient (Wildman–Crippen LogP) is 1.71. The van der Waals surface area contributed by atoms with E-state index in [-0.39, 0.29) is 0 Å². The first-order valence-corrected chi connectivity index (χ1v) is 3.79. The van der Waals surface area contributed by atoms with Gasteiger partial charge in [0.25, 0.3) is 0 Å². The van der Waals surface area contributed by atoms with E-state index in [9.17, 15) is 4.79 Å². The SMILES string of the molecule is O=C(O)C1=Cc2ccccc2C1. The predicted molar refractivity (Wildman–Crippen MR) is 45.8 cm³/mol. The Bertz CT molecular complexity index is 364. The lowest BCUT2D eigenvalue weighted by atomic mass is 10.1. The van der Waals surface area contributed by atoms with Gasteiger partial charge in [-0.3, -0.25) is 0 Å². The van der Waals surface area contributed by atoms with Crippen molar-refractivity contribution in [1.82, 2.24) is 0 Å². The number of carbonyl (C=O) groups is 1. The smallest absolute Gasteiger partial charge is 0.331 e. The molecule has 1 aromatic carbocycles. The third-order valence-electron chi connectivity index (χ3n) is 2.04. The minimum atomic E-state index is -0.814. The van der Waals surface area contributed by atoms with Crippen molar-refractivity contribution in [3.63, 3.8) is 0 Å². The van der Waals surface area contributed by atoms with Gasteiger partial charge in [-0.15, -0.1) is 0 Å². The van der Waals surface area contributed by atoms with Crippen molar-refractivity contribution in [2.45, 2.75) is 6.42 Å². The molecular formula is C10H8O2. The van der Waals surface area contributed by atoms with E-state index in [0.717, 1.165) is 11.1 Å². The molecule has 1 N–H and O–H groups in total. The molecule has 2 heteroatoms. The summed E-state index contributed by atoms with van der Waals surface area (Å²) in [6, 6.07) is 7.74. The van der Waals surface area contributed by atoms with Crippen LogP contribution >= 0.6 is 0 Å². The Kier molecular flexibility index (Phi) is 1.47. The molecule has 0 atom stereocenters. The first kappa shape index (κ1) is 7.10. The Balaban J connectivity index is 2.41. The zero-order valence-corrected chi connectivity index (χ0v) is 6.45. The molecule has 0 unspecified atom stereocenters. The second kappa shape index (κ2) is 2.48. The van der Waals surface area contributed by atoms with Crippen LogP contribution in [0, 0.1) is 0 Å². The monoisotopic (exact) mass is 160 g/mol. The van der Waals surface area contributed by atoms with E-state index < -0.39 is 5.97 Å². The number of carboxylic acid groups (broad SMARTS) is 1. The third kappa shape index (κ3) is 1.01. The van der Waals surface area contributed by atoms with E-state index in [0.29, 0.717) is 12.0 Å². The minimum absolute atomic E-state index is 0.483. The Morgan fingerprint density at radius 1 is 1.33 bits per heavy atom. The first-order chi connectivity index (χ1) is 5.77. The molecule has 1 aromatic rings. The van der Waals surface area contributed by atoms with Gasteiger partial charge in [0.05, 0.1) is 0 Å². The van der Waals surface area contributed by atoms with Gasteiger partial charge in [0.2, 0.25) is 0 Å². The van der Waals surface area contributed by atoms with E-state index in [1.54, 1.807) is 6.08 Å². The van der Waals surface area contributed by atoms with Crippen molar-refractivity contribution >= 4 is 12.0 Å². The number of hydrogen-bond acceptors (Lipinski definition) is 1. The zero-order valence-electron chi connectivity index (χ0n) is 6.45. The molecule has 0 amide bonds. The first-order valence-electron chi connectivity index (χ1n) is 3.79. The van der Waals surface area contributed by atoms with Gasteiger partial charge >= 0.3 is 5.97 Å². The van der Waals surface area contributed by atoms with Crippen LogP contribution in [0.2, 0.25) is 0 Å². The van der Waals surface area contributed by atoms with E-state index in [4.69, 9.17) is 5.11 Å². The molecule has 0 saturated carbocycles. The van der Waals surface area contributed by atoms with Crippen LogP contribution in [0.5, 0.6) is 0 Å². The molecule has 60 valence electrons. The van der Waals surface area contributed by atoms with Gasteiger partial charge in [0.1, 0.15) is 0 Å². The summed E-state index contributed by atoms with van der Waals surface area (Å²) in [7, 11) is 0. The van der Waals surface area contributed by atoms with E-state index in [1.165, 1.54) is 0 Å². The van der Waals surface area contributed by atoms with E-state index >= 15 is 0 Å². The van der Waals surface area contributed by atoms with Crippen LogP contribution in [-0.2, 0) is 11.2 Å². The summed E-state index contributed by atoms with van der Waals surface area (Å²) in [4.78, 5) is 10.6. The fraction of sp³-hybridized carbons (Fsp3) is 0.100. The summed E-state index contributed by atoms with van der Waals surface area (Å²) < 4.78 is 0. The van der Waals surface area contributed by atoms with Crippen molar-refractivity contribution in [3.05, 3.63) is 41.0 Å². The summed E-state index contributed by atoms with van der Waals surface area (Å²) in [6.07, 6.45) is 2.29. The Labute approximate surface area is 70.2 Å². The molecule has 0 aliphatic heterocycles. The zero-order chi connectivity index (χ0) is 8.55. The number of fused-ring (bicyclic) bond motifs is 1. The van der Waals surface area contributed by atoms with Crippen LogP contribution in [0.3, 0.4) is 0 Å². The highest BCUT2D eigenvalue weighted by Gasteiger charge is 2.16. The van der Waals surface area contributed by atoms with Crippen LogP contribution in [-0.4, -0.2) is 11.1 Å². The highest BCUT2D eigenvalue weighted by Crippen LogP contribution is 2.24. The molecule has 1 aliphatic rings. The van der Waals surface area contributed by atoms with Crippen LogP contribution in [0.4, 0.5) is 0 Å². The summed E-state index contributed by atoms with van der Waals surface area (Å²) in [5, 5.41) is 8.72. The van der Waals surface area contributed by atoms with Crippen molar-refractivity contribution in [2.75, 3.05) is 0 Å². The molecule has 0 heterocycles. The summed E-state index contributed by atoms with van der Waals surface area (Å²) in [5.74, 6) is -0.814. The molecule has 0 bridgehead atoms. The molecule has 2 rings (SSSR count). The van der Waals surface area contributed by atoms with Gasteiger partial charge in [-0.1, -0.05) is 24.3 Å². The van der Waals surface area contributed by atoms with Crippen molar-refractivity contribution in [1.29, 1.82) is 0 Å². The van der Waals surface area contributed by atoms with Gasteiger partial charge in [-0.2, -0.15) is 0 Å². The molecule has 0 fully saturated rings. The molecular weight excluding hydrogens is 152 g/mol. The van der Waals surface area contributed by atoms with Crippen molar-refractivity contribution in [2.24, 2.45) is 0 Å². The molecule has 12 heavy (non-hydrogen) atoms. The maximum atomic E-state index is 10.6. The second-order valence-corrected chi connectivity index (χ2v) is 2.85. The van der Waals surface area contributed by atoms with Crippen molar-refractivity contribution in [3.8, 4) is 0 Å². The van der Waals surface area contributed by atoms with Gasteiger partial charge in [0.15, 0.2) is 0 Å². The normalized spacial score (nSPS) is 13.8. The average molecular weight is 160 g/mol. The van der Waals surface area contributed by atoms with Gasteiger partial charge < -0.3 is 5.11 Å². The highest BCUT2D eigenvalue weighted by molar-refractivity contribution is 5.95. The molecule has 0 aromatic heterocycles. The average Bonchev–Trinajstić information content (AvgIpc) is 2.46. The molecule has 0 spiro atoms. The molecule has 0 saturated heterocycles. The van der Waals surface area contributed by atoms with Gasteiger partial charge in [-0.05, 0) is 17.2 Å². The van der Waals surface area contributed by atoms with Crippen LogP contribution in [0.25, 0.3) is 6.08 Å². The van der Waals surface area contributed by atoms with Crippen LogP contribution in [0.1, 0.15) is 11.1 Å². The molecule has 0 radical (unpaired) electrons. The van der Waals surface area contributed by atoms with E-state index in [2.05, 4.69) is 0 Å². The van der Waals surface area contributed by atoms with Gasteiger partial charge in [0, 0.05) is 12.0 Å². The second-order valence-electron chi connectivity index (χ2n) is 2.85. The Morgan fingerprint density at radius 2 is 2.08 bits per heavy atom. The third-order valence-corrected chi connectivity index (χ3v) is 2.04. The molecule has 1 aliphatic carbocycles. The fourth-order valence-electron chi connectivity index (χ4n) is 1.42. The lowest BCUT2D eigenvalue weighted by Gasteiger charge is -1.94. The van der Waals surface area contributed by atoms with Crippen LogP contribution in [0.15, 0.2) is 29.8 Å². The summed E-state index contributed by atoms with van der Waals surface area (Å²) >= 11 is 0. The van der Waals surface area contributed by atoms with Crippen LogP contribution < -0.4 is 0 Å². The quantitative estimate of drug-likeness (QED) is 0.679. The lowest BCUT2D eigenvalue weighted by molar-refractivity contribution is -0.132. The number of rotatable bonds is 1. The topological polar surface area (TPSA) is 37.3 Å². The minimum Gasteiger partial charge on any atom is -0.478 e. The standard InChI is InChI=1S/C10H8O2/c11-10(12)9-5-7-3-1-2-4-8(7)6-9/h1-5H,6H2,(H,11,12). The molecule has 2 nitrogen and oxygen atoms in total. The lowest BCUT2D eigenvalue weighted by Crippen LogP contribution is -1.99. The maximum Gasteiger partial charge on any atom is 0.331 e. The number of aliphatic carboxylic acids is 1. The van der Waals surface area contributed by atoms with Gasteiger partial charge in [-0.25, -0.2) is 4.79 Å².